The Kier molecular flexibility index (Phi) is 5.73. The first kappa shape index (κ1) is 20.4. The van der Waals surface area contributed by atoms with Gasteiger partial charge in [-0.15, -0.1) is 0 Å². The highest BCUT2D eigenvalue weighted by Gasteiger charge is 2.72. The van der Waals surface area contributed by atoms with Gasteiger partial charge in [-0.3, -0.25) is 9.59 Å². The molecule has 0 radical (unpaired) electrons. The second-order valence-electron chi connectivity index (χ2n) is 10.2. The summed E-state index contributed by atoms with van der Waals surface area (Å²) in [6, 6.07) is 2.20. The number of nitriles is 1. The van der Waals surface area contributed by atoms with Gasteiger partial charge in [-0.05, 0) is 56.3 Å². The van der Waals surface area contributed by atoms with Crippen LogP contribution in [0.2, 0.25) is 0 Å². The van der Waals surface area contributed by atoms with E-state index in [0.29, 0.717) is 30.6 Å². The molecule has 4 fully saturated rings. The lowest BCUT2D eigenvalue weighted by atomic mass is 9.74. The van der Waals surface area contributed by atoms with Crippen molar-refractivity contribution in [2.75, 3.05) is 0 Å². The van der Waals surface area contributed by atoms with E-state index in [-0.39, 0.29) is 23.9 Å². The molecule has 7 unspecified atom stereocenters. The molecular formula is C24H33NO4. The summed E-state index contributed by atoms with van der Waals surface area (Å²) in [7, 11) is 0. The highest BCUT2D eigenvalue weighted by Crippen LogP contribution is 2.62. The Balaban J connectivity index is 1.26. The third kappa shape index (κ3) is 3.83. The van der Waals surface area contributed by atoms with Gasteiger partial charge in [0, 0.05) is 18.3 Å². The fourth-order valence-electron chi connectivity index (χ4n) is 6.18. The molecule has 29 heavy (non-hydrogen) atoms. The molecule has 0 aromatic rings. The largest absolute Gasteiger partial charge is 0.458 e. The van der Waals surface area contributed by atoms with Crippen molar-refractivity contribution in [1.29, 1.82) is 5.26 Å². The van der Waals surface area contributed by atoms with Crippen LogP contribution in [0, 0.1) is 46.3 Å². The Morgan fingerprint density at radius 3 is 2.86 bits per heavy atom. The summed E-state index contributed by atoms with van der Waals surface area (Å²) < 4.78 is 11.3. The third-order valence-electron chi connectivity index (χ3n) is 7.62. The second-order valence-corrected chi connectivity index (χ2v) is 10.2. The number of ether oxygens (including phenoxy) is 2. The van der Waals surface area contributed by atoms with Gasteiger partial charge in [0.05, 0.1) is 6.07 Å². The zero-order valence-electron chi connectivity index (χ0n) is 17.6. The standard InChI is InChI=1S/C24H33NO4/c1-15(2)6-3-4-7-16-8-5-9-17(10-16)11-20(26)28-21-18-12-19-22(21)29-23(27)24(19,13-18)14-25/h3-4,15-19,21-22H,5-13H2,1-2H3/b4-3-. The van der Waals surface area contributed by atoms with Crippen molar-refractivity contribution in [3.63, 3.8) is 0 Å². The lowest BCUT2D eigenvalue weighted by Crippen LogP contribution is -2.40. The van der Waals surface area contributed by atoms with Crippen LogP contribution < -0.4 is 0 Å². The van der Waals surface area contributed by atoms with Crippen LogP contribution in [0.3, 0.4) is 0 Å². The molecule has 4 aliphatic rings. The molecule has 4 rings (SSSR count). The number of rotatable bonds is 7. The zero-order chi connectivity index (χ0) is 20.6. The SMILES string of the molecule is CC(C)C/C=C\CC1CCCC(CC(=O)OC2C3CC4C2OC(=O)C4(C#N)C3)C1. The van der Waals surface area contributed by atoms with E-state index >= 15 is 0 Å². The maximum atomic E-state index is 12.6. The fourth-order valence-corrected chi connectivity index (χ4v) is 6.18. The van der Waals surface area contributed by atoms with E-state index in [0.717, 1.165) is 32.1 Å². The number of allylic oxidation sites excluding steroid dienone is 2. The molecule has 5 nitrogen and oxygen atoms in total. The summed E-state index contributed by atoms with van der Waals surface area (Å²) in [5.74, 6) is 1.18. The number of esters is 2. The summed E-state index contributed by atoms with van der Waals surface area (Å²) in [5.41, 5.74) is -0.974. The molecule has 2 bridgehead atoms. The average Bonchev–Trinajstić information content (AvgIpc) is 3.27. The summed E-state index contributed by atoms with van der Waals surface area (Å²) in [5, 5.41) is 9.49. The Morgan fingerprint density at radius 1 is 1.31 bits per heavy atom. The van der Waals surface area contributed by atoms with Crippen LogP contribution in [0.1, 0.15) is 71.6 Å². The monoisotopic (exact) mass is 399 g/mol. The molecule has 0 spiro atoms. The highest BCUT2D eigenvalue weighted by molar-refractivity contribution is 5.84. The van der Waals surface area contributed by atoms with E-state index in [9.17, 15) is 14.9 Å². The molecule has 158 valence electrons. The number of fused-ring (bicyclic) bond motifs is 1. The van der Waals surface area contributed by atoms with Crippen molar-refractivity contribution in [1.82, 2.24) is 0 Å². The first-order valence-electron chi connectivity index (χ1n) is 11.4. The molecule has 3 aliphatic carbocycles. The Labute approximate surface area is 173 Å². The van der Waals surface area contributed by atoms with Gasteiger partial charge in [0.15, 0.2) is 5.41 Å². The van der Waals surface area contributed by atoms with E-state index in [4.69, 9.17) is 9.47 Å². The Hall–Kier alpha value is -1.83. The molecule has 7 atom stereocenters. The van der Waals surface area contributed by atoms with Gasteiger partial charge in [-0.1, -0.05) is 38.8 Å². The van der Waals surface area contributed by atoms with Crippen molar-refractivity contribution >= 4 is 11.9 Å². The van der Waals surface area contributed by atoms with E-state index in [1.165, 1.54) is 12.8 Å². The lowest BCUT2D eigenvalue weighted by molar-refractivity contribution is -0.163. The summed E-state index contributed by atoms with van der Waals surface area (Å²) in [6.07, 6.45) is 12.4. The number of hydrogen-bond acceptors (Lipinski definition) is 5. The van der Waals surface area contributed by atoms with Crippen LogP contribution in [0.15, 0.2) is 12.2 Å². The van der Waals surface area contributed by atoms with E-state index in [1.807, 2.05) is 0 Å². The number of nitrogens with zero attached hydrogens (tertiary/aromatic N) is 1. The van der Waals surface area contributed by atoms with E-state index in [2.05, 4.69) is 32.1 Å². The Bertz CT molecular complexity index is 723. The zero-order valence-corrected chi connectivity index (χ0v) is 17.6. The molecule has 5 heteroatoms. The van der Waals surface area contributed by atoms with Crippen LogP contribution in [0.25, 0.3) is 0 Å². The van der Waals surface area contributed by atoms with Crippen LogP contribution in [0.4, 0.5) is 0 Å². The molecule has 0 N–H and O–H groups in total. The molecule has 3 saturated carbocycles. The van der Waals surface area contributed by atoms with Gasteiger partial charge in [0.1, 0.15) is 12.2 Å². The van der Waals surface area contributed by atoms with Crippen LogP contribution in [-0.2, 0) is 19.1 Å². The van der Waals surface area contributed by atoms with Crippen LogP contribution in [-0.4, -0.2) is 24.1 Å². The normalized spacial score (nSPS) is 40.4. The quantitative estimate of drug-likeness (QED) is 0.463. The summed E-state index contributed by atoms with van der Waals surface area (Å²) >= 11 is 0. The molecule has 1 aliphatic heterocycles. The van der Waals surface area contributed by atoms with Gasteiger partial charge >= 0.3 is 11.9 Å². The van der Waals surface area contributed by atoms with Gasteiger partial charge in [-0.2, -0.15) is 5.26 Å². The van der Waals surface area contributed by atoms with Gasteiger partial charge in [-0.25, -0.2) is 0 Å². The number of carbonyl (C=O) groups excluding carboxylic acids is 2. The van der Waals surface area contributed by atoms with Crippen LogP contribution >= 0.6 is 0 Å². The van der Waals surface area contributed by atoms with Crippen molar-refractivity contribution in [2.45, 2.75) is 83.8 Å². The number of hydrogen-bond donors (Lipinski definition) is 0. The fraction of sp³-hybridized carbons (Fsp3) is 0.792. The highest BCUT2D eigenvalue weighted by atomic mass is 16.6. The van der Waals surface area contributed by atoms with Crippen molar-refractivity contribution in [3.8, 4) is 6.07 Å². The number of carbonyl (C=O) groups is 2. The smallest absolute Gasteiger partial charge is 0.327 e. The van der Waals surface area contributed by atoms with Crippen molar-refractivity contribution in [3.05, 3.63) is 12.2 Å². The maximum Gasteiger partial charge on any atom is 0.327 e. The summed E-state index contributed by atoms with van der Waals surface area (Å²) in [6.45, 7) is 4.46. The second kappa shape index (κ2) is 8.13. The molecular weight excluding hydrogens is 366 g/mol. The Morgan fingerprint density at radius 2 is 2.10 bits per heavy atom. The molecule has 1 heterocycles. The van der Waals surface area contributed by atoms with Gasteiger partial charge in [0.2, 0.25) is 0 Å². The van der Waals surface area contributed by atoms with E-state index < -0.39 is 17.5 Å². The minimum absolute atomic E-state index is 0.0882. The predicted octanol–water partition coefficient (Wildman–Crippen LogP) is 4.56. The minimum atomic E-state index is -0.974. The lowest BCUT2D eigenvalue weighted by Gasteiger charge is -2.30. The molecule has 1 saturated heterocycles. The van der Waals surface area contributed by atoms with Crippen molar-refractivity contribution in [2.24, 2.45) is 35.0 Å². The average molecular weight is 400 g/mol. The van der Waals surface area contributed by atoms with Gasteiger partial charge < -0.3 is 9.47 Å². The predicted molar refractivity (Wildman–Crippen MR) is 107 cm³/mol. The minimum Gasteiger partial charge on any atom is -0.458 e. The topological polar surface area (TPSA) is 76.4 Å². The molecule has 0 aromatic carbocycles. The summed E-state index contributed by atoms with van der Waals surface area (Å²) in [4.78, 5) is 24.8. The first-order valence-corrected chi connectivity index (χ1v) is 11.4. The molecule has 0 aromatic heterocycles. The van der Waals surface area contributed by atoms with E-state index in [1.54, 1.807) is 0 Å². The maximum absolute atomic E-state index is 12.6. The van der Waals surface area contributed by atoms with Gasteiger partial charge in [0.25, 0.3) is 0 Å². The van der Waals surface area contributed by atoms with Crippen molar-refractivity contribution < 1.29 is 19.1 Å². The molecule has 0 amide bonds. The van der Waals surface area contributed by atoms with Crippen LogP contribution in [0.5, 0.6) is 0 Å². The third-order valence-corrected chi connectivity index (χ3v) is 7.62. The first-order chi connectivity index (χ1) is 13.9.